The molecule has 1 saturated carbocycles. The minimum atomic E-state index is -0.668. The molecule has 0 amide bonds. The first-order valence-electron chi connectivity index (χ1n) is 7.39. The van der Waals surface area contributed by atoms with Crippen molar-refractivity contribution in [3.63, 3.8) is 0 Å². The Morgan fingerprint density at radius 3 is 2.45 bits per heavy atom. The highest BCUT2D eigenvalue weighted by atomic mass is 35.5. The van der Waals surface area contributed by atoms with Crippen molar-refractivity contribution >= 4 is 17.6 Å². The van der Waals surface area contributed by atoms with Crippen LogP contribution in [-0.4, -0.2) is 11.1 Å². The van der Waals surface area contributed by atoms with Crippen LogP contribution in [0.3, 0.4) is 0 Å². The van der Waals surface area contributed by atoms with E-state index in [1.807, 2.05) is 6.07 Å². The highest BCUT2D eigenvalue weighted by Gasteiger charge is 2.35. The number of rotatable bonds is 5. The van der Waals surface area contributed by atoms with Crippen LogP contribution >= 0.6 is 11.6 Å². The first-order chi connectivity index (χ1) is 9.42. The predicted octanol–water partition coefficient (Wildman–Crippen LogP) is 4.92. The average Bonchev–Trinajstić information content (AvgIpc) is 2.80. The smallest absolute Gasteiger partial charge is 0.303 e. The second-order valence-corrected chi connectivity index (χ2v) is 6.71. The maximum absolute atomic E-state index is 11.1. The van der Waals surface area contributed by atoms with Crippen molar-refractivity contribution in [1.29, 1.82) is 0 Å². The third kappa shape index (κ3) is 3.54. The summed E-state index contributed by atoms with van der Waals surface area (Å²) in [7, 11) is 0. The van der Waals surface area contributed by atoms with Crippen molar-refractivity contribution in [2.45, 2.75) is 58.8 Å². The van der Waals surface area contributed by atoms with Crippen LogP contribution in [0.1, 0.15) is 55.2 Å². The third-order valence-corrected chi connectivity index (χ3v) is 5.13. The van der Waals surface area contributed by atoms with Crippen LogP contribution in [0.5, 0.6) is 0 Å². The van der Waals surface area contributed by atoms with Crippen LogP contribution in [0.2, 0.25) is 5.02 Å². The molecule has 1 aromatic rings. The van der Waals surface area contributed by atoms with E-state index in [0.29, 0.717) is 6.42 Å². The van der Waals surface area contributed by atoms with Gasteiger partial charge in [0.05, 0.1) is 6.42 Å². The van der Waals surface area contributed by atoms with Crippen LogP contribution < -0.4 is 0 Å². The molecule has 2 rings (SSSR count). The van der Waals surface area contributed by atoms with Crippen LogP contribution in [0.25, 0.3) is 0 Å². The number of carbonyl (C=O) groups is 1. The number of hydrogen-bond donors (Lipinski definition) is 1. The lowest BCUT2D eigenvalue weighted by molar-refractivity contribution is -0.139. The van der Waals surface area contributed by atoms with Gasteiger partial charge in [0, 0.05) is 5.02 Å². The van der Waals surface area contributed by atoms with Crippen LogP contribution in [0.4, 0.5) is 0 Å². The number of aryl methyl sites for hydroxylation is 3. The molecule has 1 fully saturated rings. The van der Waals surface area contributed by atoms with Crippen LogP contribution in [0, 0.1) is 19.3 Å². The summed E-state index contributed by atoms with van der Waals surface area (Å²) in [4.78, 5) is 11.1. The summed E-state index contributed by atoms with van der Waals surface area (Å²) in [6, 6.07) is 4.17. The minimum Gasteiger partial charge on any atom is -0.481 e. The number of hydrogen-bond acceptors (Lipinski definition) is 1. The molecular formula is C17H23ClO2. The van der Waals surface area contributed by atoms with E-state index >= 15 is 0 Å². The predicted molar refractivity (Wildman–Crippen MR) is 82.4 cm³/mol. The Hall–Kier alpha value is -1.02. The summed E-state index contributed by atoms with van der Waals surface area (Å²) in [5, 5.41) is 9.96. The summed E-state index contributed by atoms with van der Waals surface area (Å²) in [5.41, 5.74) is 3.61. The molecule has 3 heteroatoms. The van der Waals surface area contributed by atoms with Crippen molar-refractivity contribution in [2.24, 2.45) is 5.41 Å². The van der Waals surface area contributed by atoms with Gasteiger partial charge < -0.3 is 5.11 Å². The molecule has 1 aliphatic rings. The molecule has 0 saturated heterocycles. The lowest BCUT2D eigenvalue weighted by Crippen LogP contribution is -2.21. The highest BCUT2D eigenvalue weighted by Crippen LogP contribution is 2.45. The topological polar surface area (TPSA) is 37.3 Å². The first kappa shape index (κ1) is 15.4. The molecule has 0 unspecified atom stereocenters. The van der Waals surface area contributed by atoms with Gasteiger partial charge in [0.2, 0.25) is 0 Å². The average molecular weight is 295 g/mol. The fourth-order valence-corrected chi connectivity index (χ4v) is 3.71. The summed E-state index contributed by atoms with van der Waals surface area (Å²) in [5.74, 6) is -0.668. The number of carboxylic acids is 1. The maximum Gasteiger partial charge on any atom is 0.303 e. The van der Waals surface area contributed by atoms with Gasteiger partial charge in [0.25, 0.3) is 0 Å². The molecule has 0 radical (unpaired) electrons. The Bertz CT molecular complexity index is 502. The molecule has 0 heterocycles. The van der Waals surface area contributed by atoms with Gasteiger partial charge in [0.15, 0.2) is 0 Å². The van der Waals surface area contributed by atoms with E-state index in [4.69, 9.17) is 16.7 Å². The normalized spacial score (nSPS) is 17.4. The molecule has 20 heavy (non-hydrogen) atoms. The molecule has 0 bridgehead atoms. The Morgan fingerprint density at radius 1 is 1.25 bits per heavy atom. The van der Waals surface area contributed by atoms with E-state index in [2.05, 4.69) is 19.9 Å². The first-order valence-corrected chi connectivity index (χ1v) is 7.77. The van der Waals surface area contributed by atoms with E-state index in [0.717, 1.165) is 49.1 Å². The monoisotopic (exact) mass is 294 g/mol. The van der Waals surface area contributed by atoms with Gasteiger partial charge in [0.1, 0.15) is 0 Å². The highest BCUT2D eigenvalue weighted by molar-refractivity contribution is 6.31. The molecule has 1 aliphatic carbocycles. The zero-order valence-electron chi connectivity index (χ0n) is 12.3. The SMILES string of the molecule is Cc1cc(Cl)c(CCC2(CC(=O)O)CCCC2)cc1C. The number of carboxylic acid groups (broad SMARTS) is 1. The molecule has 1 N–H and O–H groups in total. The number of halogens is 1. The van der Waals surface area contributed by atoms with Crippen LogP contribution in [0.15, 0.2) is 12.1 Å². The maximum atomic E-state index is 11.1. The third-order valence-electron chi connectivity index (χ3n) is 4.78. The standard InChI is InChI=1S/C17H23ClO2/c1-12-9-14(15(18)10-13(12)2)5-8-17(11-16(19)20)6-3-4-7-17/h9-10H,3-8,11H2,1-2H3,(H,19,20). The lowest BCUT2D eigenvalue weighted by atomic mass is 9.77. The molecule has 0 aliphatic heterocycles. The summed E-state index contributed by atoms with van der Waals surface area (Å²) >= 11 is 6.32. The second kappa shape index (κ2) is 6.17. The fourth-order valence-electron chi connectivity index (χ4n) is 3.39. The molecule has 110 valence electrons. The Morgan fingerprint density at radius 2 is 1.85 bits per heavy atom. The summed E-state index contributed by atoms with van der Waals surface area (Å²) in [6.45, 7) is 4.16. The zero-order valence-corrected chi connectivity index (χ0v) is 13.1. The largest absolute Gasteiger partial charge is 0.481 e. The van der Waals surface area contributed by atoms with Gasteiger partial charge >= 0.3 is 5.97 Å². The van der Waals surface area contributed by atoms with Gasteiger partial charge in [-0.05, 0) is 67.7 Å². The number of benzene rings is 1. The van der Waals surface area contributed by atoms with Gasteiger partial charge in [-0.15, -0.1) is 0 Å². The molecule has 0 spiro atoms. The van der Waals surface area contributed by atoms with Crippen molar-refractivity contribution < 1.29 is 9.90 Å². The second-order valence-electron chi connectivity index (χ2n) is 6.31. The van der Waals surface area contributed by atoms with Gasteiger partial charge in [-0.3, -0.25) is 4.79 Å². The minimum absolute atomic E-state index is 0.00600. The molecule has 0 aromatic heterocycles. The van der Waals surface area contributed by atoms with Gasteiger partial charge in [-0.25, -0.2) is 0 Å². The van der Waals surface area contributed by atoms with Crippen molar-refractivity contribution in [3.8, 4) is 0 Å². The summed E-state index contributed by atoms with van der Waals surface area (Å²) in [6.07, 6.45) is 6.52. The molecule has 0 atom stereocenters. The Kier molecular flexibility index (Phi) is 4.74. The molecule has 1 aromatic carbocycles. The quantitative estimate of drug-likeness (QED) is 0.836. The number of aliphatic carboxylic acids is 1. The van der Waals surface area contributed by atoms with Gasteiger partial charge in [-0.1, -0.05) is 30.5 Å². The van der Waals surface area contributed by atoms with Crippen molar-refractivity contribution in [1.82, 2.24) is 0 Å². The van der Waals surface area contributed by atoms with Crippen LogP contribution in [-0.2, 0) is 11.2 Å². The van der Waals surface area contributed by atoms with Crippen molar-refractivity contribution in [2.75, 3.05) is 0 Å². The van der Waals surface area contributed by atoms with E-state index in [9.17, 15) is 4.79 Å². The Balaban J connectivity index is 2.10. The van der Waals surface area contributed by atoms with E-state index in [-0.39, 0.29) is 5.41 Å². The zero-order chi connectivity index (χ0) is 14.8. The fraction of sp³-hybridized carbons (Fsp3) is 0.588. The lowest BCUT2D eigenvalue weighted by Gasteiger charge is -2.27. The van der Waals surface area contributed by atoms with E-state index < -0.39 is 5.97 Å². The molecule has 2 nitrogen and oxygen atoms in total. The van der Waals surface area contributed by atoms with Gasteiger partial charge in [-0.2, -0.15) is 0 Å². The van der Waals surface area contributed by atoms with E-state index in [1.54, 1.807) is 0 Å². The summed E-state index contributed by atoms with van der Waals surface area (Å²) < 4.78 is 0. The van der Waals surface area contributed by atoms with Crippen molar-refractivity contribution in [3.05, 3.63) is 33.8 Å². The van der Waals surface area contributed by atoms with E-state index in [1.165, 1.54) is 11.1 Å². The molecular weight excluding hydrogens is 272 g/mol. The Labute approximate surface area is 126 Å².